The maximum absolute atomic E-state index is 13.4. The van der Waals surface area contributed by atoms with Crippen molar-refractivity contribution in [2.24, 2.45) is 4.99 Å². The van der Waals surface area contributed by atoms with Crippen LogP contribution in [0.25, 0.3) is 5.57 Å². The molecule has 4 heteroatoms. The molecule has 0 amide bonds. The van der Waals surface area contributed by atoms with Crippen molar-refractivity contribution in [3.63, 3.8) is 0 Å². The predicted molar refractivity (Wildman–Crippen MR) is 98.4 cm³/mol. The summed E-state index contributed by atoms with van der Waals surface area (Å²) in [5.41, 5.74) is 4.18. The monoisotopic (exact) mass is 336 g/mol. The fourth-order valence-electron chi connectivity index (χ4n) is 3.47. The van der Waals surface area contributed by atoms with Gasteiger partial charge in [0.15, 0.2) is 0 Å². The van der Waals surface area contributed by atoms with Crippen LogP contribution in [0, 0.1) is 5.82 Å². The standard InChI is InChI=1S/C21H21FN2O/c22-17-8-5-15(6-9-17)19-10-7-16-3-1-2-4-20(16)23-21(19)24-13-11-18(25)12-14-24/h1-6,8-10,18,25H,7,11-14H2. The van der Waals surface area contributed by atoms with E-state index >= 15 is 0 Å². The first kappa shape index (κ1) is 16.0. The highest BCUT2D eigenvalue weighted by Gasteiger charge is 2.24. The molecule has 0 aliphatic carbocycles. The average molecular weight is 336 g/mol. The number of aliphatic hydroxyl groups excluding tert-OH is 1. The maximum Gasteiger partial charge on any atom is 0.136 e. The third kappa shape index (κ3) is 3.35. The van der Waals surface area contributed by atoms with E-state index in [4.69, 9.17) is 4.99 Å². The van der Waals surface area contributed by atoms with Gasteiger partial charge in [-0.05, 0) is 48.6 Å². The Morgan fingerprint density at radius 3 is 2.48 bits per heavy atom. The number of fused-ring (bicyclic) bond motifs is 1. The smallest absolute Gasteiger partial charge is 0.136 e. The Balaban J connectivity index is 1.78. The minimum atomic E-state index is -0.235. The molecule has 1 N–H and O–H groups in total. The second-order valence-electron chi connectivity index (χ2n) is 6.61. The van der Waals surface area contributed by atoms with E-state index in [9.17, 15) is 9.50 Å². The summed E-state index contributed by atoms with van der Waals surface area (Å²) in [4.78, 5) is 7.21. The van der Waals surface area contributed by atoms with Crippen LogP contribution in [0.1, 0.15) is 24.0 Å². The number of allylic oxidation sites excluding steroid dienone is 1. The molecule has 1 fully saturated rings. The van der Waals surface area contributed by atoms with Crippen LogP contribution in [0.2, 0.25) is 0 Å². The minimum Gasteiger partial charge on any atom is -0.393 e. The van der Waals surface area contributed by atoms with Crippen molar-refractivity contribution in [3.05, 3.63) is 71.6 Å². The van der Waals surface area contributed by atoms with Crippen molar-refractivity contribution < 1.29 is 9.50 Å². The normalized spacial score (nSPS) is 18.2. The highest BCUT2D eigenvalue weighted by Crippen LogP contribution is 2.30. The Morgan fingerprint density at radius 1 is 1.00 bits per heavy atom. The van der Waals surface area contributed by atoms with Crippen molar-refractivity contribution in [1.29, 1.82) is 0 Å². The second-order valence-corrected chi connectivity index (χ2v) is 6.61. The van der Waals surface area contributed by atoms with Gasteiger partial charge in [0.05, 0.1) is 11.8 Å². The zero-order chi connectivity index (χ0) is 17.2. The lowest BCUT2D eigenvalue weighted by Crippen LogP contribution is -2.40. The quantitative estimate of drug-likeness (QED) is 0.856. The van der Waals surface area contributed by atoms with Crippen LogP contribution in [-0.4, -0.2) is 35.0 Å². The van der Waals surface area contributed by atoms with Crippen LogP contribution < -0.4 is 0 Å². The lowest BCUT2D eigenvalue weighted by molar-refractivity contribution is 0.109. The number of likely N-dealkylation sites (tertiary alicyclic amines) is 1. The molecule has 25 heavy (non-hydrogen) atoms. The van der Waals surface area contributed by atoms with Crippen molar-refractivity contribution in [3.8, 4) is 0 Å². The van der Waals surface area contributed by atoms with Gasteiger partial charge in [-0.2, -0.15) is 0 Å². The van der Waals surface area contributed by atoms with Gasteiger partial charge in [0.2, 0.25) is 0 Å². The van der Waals surface area contributed by atoms with E-state index in [-0.39, 0.29) is 11.9 Å². The van der Waals surface area contributed by atoms with E-state index in [1.54, 1.807) is 0 Å². The van der Waals surface area contributed by atoms with Gasteiger partial charge in [0.25, 0.3) is 0 Å². The fourth-order valence-corrected chi connectivity index (χ4v) is 3.47. The van der Waals surface area contributed by atoms with Crippen LogP contribution in [-0.2, 0) is 6.42 Å². The van der Waals surface area contributed by atoms with E-state index in [2.05, 4.69) is 17.0 Å². The number of nitrogens with zero attached hydrogens (tertiary/aromatic N) is 2. The molecule has 3 nitrogen and oxygen atoms in total. The van der Waals surface area contributed by atoms with Gasteiger partial charge < -0.3 is 10.0 Å². The number of amidine groups is 1. The average Bonchev–Trinajstić information content (AvgIpc) is 2.83. The topological polar surface area (TPSA) is 35.8 Å². The first-order chi connectivity index (χ1) is 12.2. The van der Waals surface area contributed by atoms with Gasteiger partial charge in [0.1, 0.15) is 11.7 Å². The van der Waals surface area contributed by atoms with Gasteiger partial charge in [-0.25, -0.2) is 9.38 Å². The van der Waals surface area contributed by atoms with E-state index in [1.165, 1.54) is 17.7 Å². The molecule has 0 radical (unpaired) electrons. The van der Waals surface area contributed by atoms with Crippen LogP contribution >= 0.6 is 0 Å². The SMILES string of the molecule is OC1CCN(C2=Nc3ccccc3CC=C2c2ccc(F)cc2)CC1. The van der Waals surface area contributed by atoms with Gasteiger partial charge in [-0.1, -0.05) is 36.4 Å². The summed E-state index contributed by atoms with van der Waals surface area (Å²) in [6, 6.07) is 14.8. The summed E-state index contributed by atoms with van der Waals surface area (Å²) in [5, 5.41) is 9.83. The molecule has 2 aliphatic heterocycles. The lowest BCUT2D eigenvalue weighted by Gasteiger charge is -2.33. The number of hydrogen-bond acceptors (Lipinski definition) is 3. The highest BCUT2D eigenvalue weighted by atomic mass is 19.1. The summed E-state index contributed by atoms with van der Waals surface area (Å²) in [6.07, 6.45) is 4.25. The Kier molecular flexibility index (Phi) is 4.36. The first-order valence-electron chi connectivity index (χ1n) is 8.77. The minimum absolute atomic E-state index is 0.229. The van der Waals surface area contributed by atoms with Gasteiger partial charge in [-0.3, -0.25) is 0 Å². The summed E-state index contributed by atoms with van der Waals surface area (Å²) in [6.45, 7) is 1.56. The van der Waals surface area contributed by atoms with Crippen molar-refractivity contribution in [1.82, 2.24) is 4.90 Å². The molecule has 2 heterocycles. The molecular weight excluding hydrogens is 315 g/mol. The second kappa shape index (κ2) is 6.81. The molecule has 2 aromatic carbocycles. The number of para-hydroxylation sites is 1. The molecule has 2 aromatic rings. The zero-order valence-corrected chi connectivity index (χ0v) is 14.0. The third-order valence-electron chi connectivity index (χ3n) is 4.90. The number of benzene rings is 2. The molecule has 128 valence electrons. The number of rotatable bonds is 1. The molecule has 0 bridgehead atoms. The predicted octanol–water partition coefficient (Wildman–Crippen LogP) is 3.95. The van der Waals surface area contributed by atoms with Crippen LogP contribution in [0.3, 0.4) is 0 Å². The van der Waals surface area contributed by atoms with Crippen molar-refractivity contribution >= 4 is 17.1 Å². The molecule has 0 aromatic heterocycles. The fraction of sp³-hybridized carbons (Fsp3) is 0.286. The summed E-state index contributed by atoms with van der Waals surface area (Å²) in [7, 11) is 0. The van der Waals surface area contributed by atoms with Crippen molar-refractivity contribution in [2.75, 3.05) is 13.1 Å². The molecule has 0 saturated carbocycles. The number of aliphatic imine (C=N–C) groups is 1. The highest BCUT2D eigenvalue weighted by molar-refractivity contribution is 6.23. The van der Waals surface area contributed by atoms with Crippen LogP contribution in [0.15, 0.2) is 59.6 Å². The summed E-state index contributed by atoms with van der Waals surface area (Å²) < 4.78 is 13.4. The zero-order valence-electron chi connectivity index (χ0n) is 14.0. The molecule has 2 aliphatic rings. The Morgan fingerprint density at radius 2 is 1.72 bits per heavy atom. The van der Waals surface area contributed by atoms with Crippen LogP contribution in [0.5, 0.6) is 0 Å². The Hall–Kier alpha value is -2.46. The Labute approximate surface area is 147 Å². The number of piperidine rings is 1. The van der Waals surface area contributed by atoms with E-state index in [0.717, 1.165) is 55.0 Å². The van der Waals surface area contributed by atoms with Crippen LogP contribution in [0.4, 0.5) is 10.1 Å². The van der Waals surface area contributed by atoms with Gasteiger partial charge in [-0.15, -0.1) is 0 Å². The summed E-state index contributed by atoms with van der Waals surface area (Å²) >= 11 is 0. The largest absolute Gasteiger partial charge is 0.393 e. The van der Waals surface area contributed by atoms with E-state index < -0.39 is 0 Å². The van der Waals surface area contributed by atoms with Crippen molar-refractivity contribution in [2.45, 2.75) is 25.4 Å². The summed E-state index contributed by atoms with van der Waals surface area (Å²) in [5.74, 6) is 0.685. The third-order valence-corrected chi connectivity index (χ3v) is 4.90. The molecule has 0 atom stereocenters. The molecule has 0 spiro atoms. The number of halogens is 1. The molecular formula is C21H21FN2O. The first-order valence-corrected chi connectivity index (χ1v) is 8.77. The molecule has 1 saturated heterocycles. The van der Waals surface area contributed by atoms with E-state index in [0.29, 0.717) is 0 Å². The lowest BCUT2D eigenvalue weighted by atomic mass is 10.00. The Bertz CT molecular complexity index is 818. The number of aliphatic hydroxyl groups is 1. The maximum atomic E-state index is 13.4. The number of hydrogen-bond donors (Lipinski definition) is 1. The van der Waals surface area contributed by atoms with E-state index in [1.807, 2.05) is 30.3 Å². The molecule has 0 unspecified atom stereocenters. The molecule has 4 rings (SSSR count). The van der Waals surface area contributed by atoms with Gasteiger partial charge in [0, 0.05) is 18.7 Å². The van der Waals surface area contributed by atoms with Gasteiger partial charge >= 0.3 is 0 Å².